The van der Waals surface area contributed by atoms with Crippen LogP contribution in [0.15, 0.2) is 18.3 Å². The molecular weight excluding hydrogens is 180 g/mol. The van der Waals surface area contributed by atoms with E-state index in [1.165, 1.54) is 0 Å². The number of hydrogen-bond acceptors (Lipinski definition) is 4. The number of aliphatic hydroxyl groups is 1. The van der Waals surface area contributed by atoms with Crippen LogP contribution in [0.5, 0.6) is 0 Å². The number of pyridine rings is 1. The Balaban J connectivity index is 2.01. The van der Waals surface area contributed by atoms with Gasteiger partial charge < -0.3 is 5.11 Å². The zero-order valence-corrected chi connectivity index (χ0v) is 8.18. The first kappa shape index (κ1) is 9.58. The molecule has 76 valence electrons. The molecular formula is C10H14N2O2. The zero-order chi connectivity index (χ0) is 9.97. The van der Waals surface area contributed by atoms with Gasteiger partial charge in [0.25, 0.3) is 0 Å². The lowest BCUT2D eigenvalue weighted by Gasteiger charge is -2.13. The van der Waals surface area contributed by atoms with E-state index in [0.29, 0.717) is 19.7 Å². The van der Waals surface area contributed by atoms with Gasteiger partial charge in [-0.25, -0.2) is 0 Å². The summed E-state index contributed by atoms with van der Waals surface area (Å²) >= 11 is 0. The Hall–Kier alpha value is -0.970. The molecule has 4 nitrogen and oxygen atoms in total. The van der Waals surface area contributed by atoms with Gasteiger partial charge in [0.05, 0.1) is 31.5 Å². The van der Waals surface area contributed by atoms with Gasteiger partial charge in [-0.05, 0) is 18.6 Å². The summed E-state index contributed by atoms with van der Waals surface area (Å²) in [4.78, 5) is 9.53. The van der Waals surface area contributed by atoms with Crippen LogP contribution in [0.1, 0.15) is 11.3 Å². The van der Waals surface area contributed by atoms with E-state index in [4.69, 9.17) is 4.84 Å². The Bertz CT molecular complexity index is 317. The van der Waals surface area contributed by atoms with Crippen LogP contribution in [0.3, 0.4) is 0 Å². The van der Waals surface area contributed by atoms with Crippen LogP contribution in [0.2, 0.25) is 0 Å². The van der Waals surface area contributed by atoms with E-state index in [9.17, 15) is 5.11 Å². The highest BCUT2D eigenvalue weighted by molar-refractivity contribution is 5.17. The molecule has 1 aliphatic heterocycles. The average molecular weight is 194 g/mol. The molecule has 1 N–H and O–H groups in total. The maximum Gasteiger partial charge on any atom is 0.0958 e. The van der Waals surface area contributed by atoms with Crippen molar-refractivity contribution in [3.63, 3.8) is 0 Å². The van der Waals surface area contributed by atoms with Crippen LogP contribution in [0, 0.1) is 6.92 Å². The second-order valence-electron chi connectivity index (χ2n) is 3.54. The predicted molar refractivity (Wildman–Crippen MR) is 51.3 cm³/mol. The molecule has 4 heteroatoms. The number of aryl methyl sites for hydroxylation is 1. The molecule has 0 unspecified atom stereocenters. The minimum atomic E-state index is -0.362. The second-order valence-corrected chi connectivity index (χ2v) is 3.54. The standard InChI is InChI=1S/C10H14N2O2/c1-8-3-2-4-11-10(8)6-12-5-9(13)7-14-12/h2-4,9,13H,5-7H2,1H3/t9-/m0/s1. The van der Waals surface area contributed by atoms with E-state index in [1.54, 1.807) is 11.3 Å². The van der Waals surface area contributed by atoms with Gasteiger partial charge in [0.2, 0.25) is 0 Å². The molecule has 1 saturated heterocycles. The summed E-state index contributed by atoms with van der Waals surface area (Å²) in [5.74, 6) is 0. The smallest absolute Gasteiger partial charge is 0.0958 e. The molecule has 0 bridgehead atoms. The number of hydrogen-bond donors (Lipinski definition) is 1. The Labute approximate surface area is 83.1 Å². The van der Waals surface area contributed by atoms with Crippen molar-refractivity contribution in [1.82, 2.24) is 10.0 Å². The summed E-state index contributed by atoms with van der Waals surface area (Å²) in [6, 6.07) is 3.94. The highest BCUT2D eigenvalue weighted by atomic mass is 16.7. The van der Waals surface area contributed by atoms with Crippen molar-refractivity contribution in [2.24, 2.45) is 0 Å². The Morgan fingerprint density at radius 2 is 2.57 bits per heavy atom. The lowest BCUT2D eigenvalue weighted by molar-refractivity contribution is -0.118. The fourth-order valence-electron chi connectivity index (χ4n) is 1.49. The van der Waals surface area contributed by atoms with Crippen LogP contribution < -0.4 is 0 Å². The van der Waals surface area contributed by atoms with E-state index in [2.05, 4.69) is 4.98 Å². The Kier molecular flexibility index (Phi) is 2.77. The summed E-state index contributed by atoms with van der Waals surface area (Å²) in [7, 11) is 0. The third kappa shape index (κ3) is 2.09. The molecule has 1 aromatic heterocycles. The molecule has 1 aliphatic rings. The van der Waals surface area contributed by atoms with Gasteiger partial charge in [-0.2, -0.15) is 5.06 Å². The van der Waals surface area contributed by atoms with E-state index in [-0.39, 0.29) is 6.10 Å². The first-order chi connectivity index (χ1) is 6.75. The molecule has 14 heavy (non-hydrogen) atoms. The molecule has 2 rings (SSSR count). The van der Waals surface area contributed by atoms with Gasteiger partial charge in [-0.1, -0.05) is 6.07 Å². The number of hydroxylamine groups is 2. The van der Waals surface area contributed by atoms with Crippen LogP contribution in [0.25, 0.3) is 0 Å². The largest absolute Gasteiger partial charge is 0.389 e. The number of aromatic nitrogens is 1. The number of aliphatic hydroxyl groups excluding tert-OH is 1. The van der Waals surface area contributed by atoms with Crippen LogP contribution in [0.4, 0.5) is 0 Å². The van der Waals surface area contributed by atoms with Crippen molar-refractivity contribution in [3.05, 3.63) is 29.6 Å². The maximum absolute atomic E-state index is 9.26. The van der Waals surface area contributed by atoms with Crippen molar-refractivity contribution in [2.75, 3.05) is 13.2 Å². The van der Waals surface area contributed by atoms with Crippen molar-refractivity contribution in [3.8, 4) is 0 Å². The first-order valence-corrected chi connectivity index (χ1v) is 4.72. The summed E-state index contributed by atoms with van der Waals surface area (Å²) in [6.07, 6.45) is 1.41. The number of rotatable bonds is 2. The molecule has 0 spiro atoms. The van der Waals surface area contributed by atoms with Crippen LogP contribution in [-0.4, -0.2) is 34.4 Å². The summed E-state index contributed by atoms with van der Waals surface area (Å²) in [5, 5.41) is 11.0. The molecule has 0 aromatic carbocycles. The van der Waals surface area contributed by atoms with Crippen LogP contribution >= 0.6 is 0 Å². The summed E-state index contributed by atoms with van der Waals surface area (Å²) in [6.45, 7) is 3.63. The van der Waals surface area contributed by atoms with E-state index < -0.39 is 0 Å². The third-order valence-electron chi connectivity index (χ3n) is 2.31. The molecule has 2 heterocycles. The quantitative estimate of drug-likeness (QED) is 0.744. The molecule has 1 aromatic rings. The molecule has 0 saturated carbocycles. The van der Waals surface area contributed by atoms with Crippen molar-refractivity contribution >= 4 is 0 Å². The van der Waals surface area contributed by atoms with Gasteiger partial charge in [0, 0.05) is 6.20 Å². The highest BCUT2D eigenvalue weighted by Crippen LogP contribution is 2.12. The Morgan fingerprint density at radius 3 is 3.21 bits per heavy atom. The molecule has 0 aliphatic carbocycles. The molecule has 0 amide bonds. The average Bonchev–Trinajstić information content (AvgIpc) is 2.56. The van der Waals surface area contributed by atoms with E-state index in [0.717, 1.165) is 11.3 Å². The maximum atomic E-state index is 9.26. The topological polar surface area (TPSA) is 45.6 Å². The minimum absolute atomic E-state index is 0.362. The van der Waals surface area contributed by atoms with Crippen molar-refractivity contribution < 1.29 is 9.94 Å². The number of nitrogens with zero attached hydrogens (tertiary/aromatic N) is 2. The zero-order valence-electron chi connectivity index (χ0n) is 8.18. The lowest BCUT2D eigenvalue weighted by Crippen LogP contribution is -2.21. The van der Waals surface area contributed by atoms with E-state index >= 15 is 0 Å². The van der Waals surface area contributed by atoms with Gasteiger partial charge in [-0.3, -0.25) is 9.82 Å². The fraction of sp³-hybridized carbons (Fsp3) is 0.500. The fourth-order valence-corrected chi connectivity index (χ4v) is 1.49. The monoisotopic (exact) mass is 194 g/mol. The molecule has 1 fully saturated rings. The van der Waals surface area contributed by atoms with Crippen molar-refractivity contribution in [1.29, 1.82) is 0 Å². The first-order valence-electron chi connectivity index (χ1n) is 4.72. The molecule has 0 radical (unpaired) electrons. The lowest BCUT2D eigenvalue weighted by atomic mass is 10.2. The van der Waals surface area contributed by atoms with Gasteiger partial charge in [0.1, 0.15) is 0 Å². The predicted octanol–water partition coefficient (Wildman–Crippen LogP) is 0.498. The van der Waals surface area contributed by atoms with Crippen molar-refractivity contribution in [2.45, 2.75) is 19.6 Å². The molecule has 1 atom stereocenters. The van der Waals surface area contributed by atoms with E-state index in [1.807, 2.05) is 19.1 Å². The number of β-amino-alcohol motifs (C(OH)–C–C–N with tert-alkyl or cyclic N) is 1. The van der Waals surface area contributed by atoms with Gasteiger partial charge in [-0.15, -0.1) is 0 Å². The SMILES string of the molecule is Cc1cccnc1CN1C[C@H](O)CO1. The minimum Gasteiger partial charge on any atom is -0.389 e. The normalized spacial score (nSPS) is 22.9. The van der Waals surface area contributed by atoms with Gasteiger partial charge in [0.15, 0.2) is 0 Å². The van der Waals surface area contributed by atoms with Crippen LogP contribution in [-0.2, 0) is 11.4 Å². The third-order valence-corrected chi connectivity index (χ3v) is 2.31. The summed E-state index contributed by atoms with van der Waals surface area (Å²) in [5.41, 5.74) is 2.15. The Morgan fingerprint density at radius 1 is 1.71 bits per heavy atom. The second kappa shape index (κ2) is 4.04. The van der Waals surface area contributed by atoms with Gasteiger partial charge >= 0.3 is 0 Å². The highest BCUT2D eigenvalue weighted by Gasteiger charge is 2.21. The summed E-state index contributed by atoms with van der Waals surface area (Å²) < 4.78 is 0.